The Bertz CT molecular complexity index is 207. The second kappa shape index (κ2) is 7.56. The molecule has 0 bridgehead atoms. The molecule has 0 aliphatic rings. The van der Waals surface area contributed by atoms with E-state index in [0.717, 1.165) is 0 Å². The number of hydrogen-bond acceptors (Lipinski definition) is 5. The van der Waals surface area contributed by atoms with Gasteiger partial charge in [0.25, 0.3) is 0 Å². The molecule has 0 fully saturated rings. The van der Waals surface area contributed by atoms with Gasteiger partial charge in [0.2, 0.25) is 5.91 Å². The van der Waals surface area contributed by atoms with Crippen LogP contribution >= 0.6 is 0 Å². The Morgan fingerprint density at radius 2 is 2.19 bits per heavy atom. The number of ether oxygens (including phenoxy) is 1. The number of hydrogen-bond donors (Lipinski definition) is 3. The number of nitrogens with zero attached hydrogens (tertiary/aromatic N) is 1. The molecule has 1 unspecified atom stereocenters. The molecule has 0 aliphatic carbocycles. The highest BCUT2D eigenvalue weighted by Gasteiger charge is 2.21. The van der Waals surface area contributed by atoms with E-state index < -0.39 is 5.60 Å². The van der Waals surface area contributed by atoms with Crippen molar-refractivity contribution >= 4 is 5.91 Å². The van der Waals surface area contributed by atoms with E-state index >= 15 is 0 Å². The lowest BCUT2D eigenvalue weighted by molar-refractivity contribution is -0.126. The number of carbonyl (C=O) groups is 1. The quantitative estimate of drug-likeness (QED) is 0.439. The van der Waals surface area contributed by atoms with Crippen molar-refractivity contribution < 1.29 is 14.6 Å². The number of nitrogens with one attached hydrogen (secondary N) is 1. The molecule has 0 aromatic carbocycles. The molecule has 0 aromatic heterocycles. The van der Waals surface area contributed by atoms with Gasteiger partial charge in [-0.05, 0) is 21.0 Å². The molecule has 4 N–H and O–H groups in total. The van der Waals surface area contributed by atoms with Gasteiger partial charge in [-0.3, -0.25) is 4.79 Å². The summed E-state index contributed by atoms with van der Waals surface area (Å²) in [6.45, 7) is 3.10. The normalized spacial score (nSPS) is 14.9. The zero-order valence-electron chi connectivity index (χ0n) is 10.3. The van der Waals surface area contributed by atoms with Crippen LogP contribution in [0.1, 0.15) is 6.92 Å². The molecule has 96 valence electrons. The minimum Gasteiger partial charge on any atom is -0.387 e. The van der Waals surface area contributed by atoms with Crippen LogP contribution in [-0.2, 0) is 9.53 Å². The van der Waals surface area contributed by atoms with Crippen molar-refractivity contribution in [1.82, 2.24) is 10.2 Å². The average Bonchev–Trinajstić information content (AvgIpc) is 2.13. The predicted molar refractivity (Wildman–Crippen MR) is 62.1 cm³/mol. The summed E-state index contributed by atoms with van der Waals surface area (Å²) in [6.07, 6.45) is 0. The minimum atomic E-state index is -0.937. The van der Waals surface area contributed by atoms with Crippen LogP contribution in [0.15, 0.2) is 0 Å². The Morgan fingerprint density at radius 1 is 1.56 bits per heavy atom. The maximum atomic E-state index is 11.2. The summed E-state index contributed by atoms with van der Waals surface area (Å²) < 4.78 is 4.96. The lowest BCUT2D eigenvalue weighted by atomic mass is 10.1. The average molecular weight is 233 g/mol. The molecule has 0 aliphatic heterocycles. The zero-order valence-corrected chi connectivity index (χ0v) is 10.3. The van der Waals surface area contributed by atoms with Gasteiger partial charge in [0.05, 0.1) is 12.2 Å². The fourth-order valence-corrected chi connectivity index (χ4v) is 1.33. The number of nitrogens with two attached hydrogens (primary N) is 1. The fourth-order valence-electron chi connectivity index (χ4n) is 1.33. The first kappa shape index (κ1) is 15.3. The van der Waals surface area contributed by atoms with Crippen LogP contribution in [0.5, 0.6) is 0 Å². The molecule has 0 spiro atoms. The molecule has 0 radical (unpaired) electrons. The van der Waals surface area contributed by atoms with Crippen LogP contribution in [0, 0.1) is 0 Å². The first-order valence-corrected chi connectivity index (χ1v) is 5.29. The van der Waals surface area contributed by atoms with Crippen LogP contribution in [0.25, 0.3) is 0 Å². The van der Waals surface area contributed by atoms with Crippen LogP contribution in [0.3, 0.4) is 0 Å². The molecule has 1 amide bonds. The predicted octanol–water partition coefficient (Wildman–Crippen LogP) is -1.61. The van der Waals surface area contributed by atoms with E-state index in [1.165, 1.54) is 0 Å². The summed E-state index contributed by atoms with van der Waals surface area (Å²) in [5.41, 5.74) is 4.27. The molecule has 0 rings (SSSR count). The summed E-state index contributed by atoms with van der Waals surface area (Å²) in [4.78, 5) is 13.1. The third-order valence-electron chi connectivity index (χ3n) is 1.82. The number of rotatable bonds is 8. The standard InChI is InChI=1S/C10H23N3O3/c1-10(15,8-13(2)3)7-12-9(14)6-16-5-4-11/h15H,4-8,11H2,1-3H3,(H,12,14). The van der Waals surface area contributed by atoms with Gasteiger partial charge in [0, 0.05) is 19.6 Å². The Labute approximate surface area is 96.7 Å². The monoisotopic (exact) mass is 233 g/mol. The minimum absolute atomic E-state index is 0.0186. The molecule has 0 heterocycles. The third kappa shape index (κ3) is 8.60. The van der Waals surface area contributed by atoms with E-state index in [-0.39, 0.29) is 19.1 Å². The Kier molecular flexibility index (Phi) is 7.24. The van der Waals surface area contributed by atoms with E-state index in [2.05, 4.69) is 5.32 Å². The van der Waals surface area contributed by atoms with E-state index in [9.17, 15) is 9.90 Å². The van der Waals surface area contributed by atoms with Gasteiger partial charge in [0.15, 0.2) is 0 Å². The topological polar surface area (TPSA) is 87.8 Å². The maximum absolute atomic E-state index is 11.2. The Hall–Kier alpha value is -0.690. The lowest BCUT2D eigenvalue weighted by Gasteiger charge is -2.27. The van der Waals surface area contributed by atoms with Gasteiger partial charge in [-0.15, -0.1) is 0 Å². The summed E-state index contributed by atoms with van der Waals surface area (Å²) >= 11 is 0. The highest BCUT2D eigenvalue weighted by atomic mass is 16.5. The molecule has 0 saturated heterocycles. The van der Waals surface area contributed by atoms with Crippen molar-refractivity contribution in [1.29, 1.82) is 0 Å². The van der Waals surface area contributed by atoms with Crippen LogP contribution in [0.4, 0.5) is 0 Å². The number of likely N-dealkylation sites (N-methyl/N-ethyl adjacent to an activating group) is 1. The zero-order chi connectivity index (χ0) is 12.6. The van der Waals surface area contributed by atoms with Crippen molar-refractivity contribution in [2.24, 2.45) is 5.73 Å². The Morgan fingerprint density at radius 3 is 2.69 bits per heavy atom. The van der Waals surface area contributed by atoms with Gasteiger partial charge < -0.3 is 25.8 Å². The molecular formula is C10H23N3O3. The first-order chi connectivity index (χ1) is 7.37. The summed E-state index contributed by atoms with van der Waals surface area (Å²) in [6, 6.07) is 0. The summed E-state index contributed by atoms with van der Waals surface area (Å²) in [5.74, 6) is -0.243. The van der Waals surface area contributed by atoms with Gasteiger partial charge in [-0.2, -0.15) is 0 Å². The SMILES string of the molecule is CN(C)CC(C)(O)CNC(=O)COCCN. The second-order valence-electron chi connectivity index (χ2n) is 4.35. The summed E-state index contributed by atoms with van der Waals surface area (Å²) in [5, 5.41) is 12.5. The maximum Gasteiger partial charge on any atom is 0.246 e. The third-order valence-corrected chi connectivity index (χ3v) is 1.82. The van der Waals surface area contributed by atoms with Crippen molar-refractivity contribution in [2.45, 2.75) is 12.5 Å². The van der Waals surface area contributed by atoms with Crippen LogP contribution in [0.2, 0.25) is 0 Å². The Balaban J connectivity index is 3.72. The van der Waals surface area contributed by atoms with Crippen LogP contribution < -0.4 is 11.1 Å². The molecule has 6 nitrogen and oxygen atoms in total. The molecule has 0 aromatic rings. The van der Waals surface area contributed by atoms with Crippen molar-refractivity contribution in [3.05, 3.63) is 0 Å². The molecule has 16 heavy (non-hydrogen) atoms. The lowest BCUT2D eigenvalue weighted by Crippen LogP contribution is -2.47. The summed E-state index contributed by atoms with van der Waals surface area (Å²) in [7, 11) is 3.72. The van der Waals surface area contributed by atoms with Gasteiger partial charge in [-0.1, -0.05) is 0 Å². The fraction of sp³-hybridized carbons (Fsp3) is 0.900. The van der Waals surface area contributed by atoms with Crippen LogP contribution in [-0.4, -0.2) is 68.5 Å². The molecule has 1 atom stereocenters. The number of carbonyl (C=O) groups excluding carboxylic acids is 1. The van der Waals surface area contributed by atoms with E-state index in [4.69, 9.17) is 10.5 Å². The van der Waals surface area contributed by atoms with Gasteiger partial charge >= 0.3 is 0 Å². The molecule has 0 saturated carbocycles. The van der Waals surface area contributed by atoms with E-state index in [0.29, 0.717) is 19.7 Å². The molecule has 6 heteroatoms. The van der Waals surface area contributed by atoms with Gasteiger partial charge in [0.1, 0.15) is 6.61 Å². The number of aliphatic hydroxyl groups is 1. The van der Waals surface area contributed by atoms with Crippen molar-refractivity contribution in [2.75, 3.05) is 46.9 Å². The van der Waals surface area contributed by atoms with Crippen molar-refractivity contribution in [3.8, 4) is 0 Å². The molecular weight excluding hydrogens is 210 g/mol. The number of amides is 1. The highest BCUT2D eigenvalue weighted by Crippen LogP contribution is 2.02. The highest BCUT2D eigenvalue weighted by molar-refractivity contribution is 5.77. The van der Waals surface area contributed by atoms with Crippen molar-refractivity contribution in [3.63, 3.8) is 0 Å². The smallest absolute Gasteiger partial charge is 0.246 e. The van der Waals surface area contributed by atoms with Gasteiger partial charge in [-0.25, -0.2) is 0 Å². The van der Waals surface area contributed by atoms with E-state index in [1.54, 1.807) is 6.92 Å². The first-order valence-electron chi connectivity index (χ1n) is 5.29. The largest absolute Gasteiger partial charge is 0.387 e. The van der Waals surface area contributed by atoms with E-state index in [1.807, 2.05) is 19.0 Å². The second-order valence-corrected chi connectivity index (χ2v) is 4.35.